The molecule has 1 atom stereocenters. The summed E-state index contributed by atoms with van der Waals surface area (Å²) < 4.78 is 31.8. The van der Waals surface area contributed by atoms with Gasteiger partial charge >= 0.3 is 5.97 Å². The number of rotatable bonds is 6. The van der Waals surface area contributed by atoms with Crippen molar-refractivity contribution in [2.24, 2.45) is 4.99 Å². The third-order valence-corrected chi connectivity index (χ3v) is 6.37. The van der Waals surface area contributed by atoms with Crippen LogP contribution in [0, 0.1) is 0 Å². The molecule has 0 aliphatic carbocycles. The number of aliphatic imine (C=N–C) groups is 1. The lowest BCUT2D eigenvalue weighted by atomic mass is 10.1. The molecule has 10 heteroatoms. The molecule has 2 aliphatic rings. The van der Waals surface area contributed by atoms with Gasteiger partial charge in [0.25, 0.3) is 21.8 Å². The van der Waals surface area contributed by atoms with Crippen LogP contribution < -0.4 is 4.72 Å². The van der Waals surface area contributed by atoms with Gasteiger partial charge in [-0.2, -0.15) is 0 Å². The fourth-order valence-electron chi connectivity index (χ4n) is 3.43. The average Bonchev–Trinajstić information content (AvgIpc) is 3.16. The van der Waals surface area contributed by atoms with Crippen LogP contribution in [0.4, 0.5) is 0 Å². The van der Waals surface area contributed by atoms with E-state index in [0.29, 0.717) is 16.7 Å². The summed E-state index contributed by atoms with van der Waals surface area (Å²) in [5.41, 5.74) is 1.13. The highest BCUT2D eigenvalue weighted by molar-refractivity contribution is 7.90. The molecular formula is C21H19N3O6S. The Balaban J connectivity index is 1.32. The predicted molar refractivity (Wildman–Crippen MR) is 110 cm³/mol. The van der Waals surface area contributed by atoms with Crippen molar-refractivity contribution in [2.75, 3.05) is 13.2 Å². The minimum atomic E-state index is -3.69. The lowest BCUT2D eigenvalue weighted by Crippen LogP contribution is -2.32. The fraction of sp³-hybridized carbons (Fsp3) is 0.238. The number of nitrogens with one attached hydrogen (secondary N) is 1. The quantitative estimate of drug-likeness (QED) is 0.410. The second kappa shape index (κ2) is 7.95. The Kier molecular flexibility index (Phi) is 5.32. The van der Waals surface area contributed by atoms with Crippen molar-refractivity contribution < 1.29 is 27.5 Å². The molecule has 0 saturated heterocycles. The van der Waals surface area contributed by atoms with Gasteiger partial charge < -0.3 is 4.74 Å². The zero-order valence-corrected chi connectivity index (χ0v) is 17.4. The lowest BCUT2D eigenvalue weighted by Gasteiger charge is -2.14. The van der Waals surface area contributed by atoms with Crippen LogP contribution >= 0.6 is 0 Å². The van der Waals surface area contributed by atoms with Crippen molar-refractivity contribution in [1.29, 1.82) is 0 Å². The van der Waals surface area contributed by atoms with Crippen LogP contribution in [0.25, 0.3) is 0 Å². The van der Waals surface area contributed by atoms with Crippen molar-refractivity contribution >= 4 is 33.6 Å². The van der Waals surface area contributed by atoms with Crippen molar-refractivity contribution in [3.8, 4) is 0 Å². The van der Waals surface area contributed by atoms with E-state index >= 15 is 0 Å². The third kappa shape index (κ3) is 3.81. The Morgan fingerprint density at radius 3 is 2.26 bits per heavy atom. The molecule has 4 rings (SSSR count). The van der Waals surface area contributed by atoms with Crippen LogP contribution in [0.5, 0.6) is 0 Å². The topological polar surface area (TPSA) is 122 Å². The third-order valence-electron chi connectivity index (χ3n) is 4.98. The standard InChI is InChI=1S/C21H19N3O6S/c1-13(22-18-16-9-4-5-10-17(16)31(28,29)23-18)21(27)30-12-6-11-24-19(25)14-7-2-3-8-15(14)20(24)26/h2-5,7-10,13H,6,11-12H2,1H3,(H,22,23). The Morgan fingerprint density at radius 2 is 1.61 bits per heavy atom. The van der Waals surface area contributed by atoms with E-state index in [0.717, 1.165) is 4.90 Å². The van der Waals surface area contributed by atoms with Crippen LogP contribution in [0.1, 0.15) is 39.6 Å². The van der Waals surface area contributed by atoms with Crippen molar-refractivity contribution in [3.63, 3.8) is 0 Å². The first-order valence-electron chi connectivity index (χ1n) is 9.61. The van der Waals surface area contributed by atoms with E-state index in [4.69, 9.17) is 4.74 Å². The number of amides is 2. The van der Waals surface area contributed by atoms with Crippen LogP contribution in [0.15, 0.2) is 58.4 Å². The minimum Gasteiger partial charge on any atom is -0.464 e. The maximum Gasteiger partial charge on any atom is 0.330 e. The molecule has 160 valence electrons. The molecule has 9 nitrogen and oxygen atoms in total. The van der Waals surface area contributed by atoms with Crippen LogP contribution in [-0.2, 0) is 19.6 Å². The first kappa shape index (κ1) is 20.7. The monoisotopic (exact) mass is 441 g/mol. The molecule has 1 unspecified atom stereocenters. The maximum absolute atomic E-state index is 12.3. The normalized spacial score (nSPS) is 18.5. The van der Waals surface area contributed by atoms with Gasteiger partial charge in [0.05, 0.1) is 22.6 Å². The summed E-state index contributed by atoms with van der Waals surface area (Å²) >= 11 is 0. The van der Waals surface area contributed by atoms with E-state index in [2.05, 4.69) is 9.71 Å². The zero-order chi connectivity index (χ0) is 22.2. The van der Waals surface area contributed by atoms with Gasteiger partial charge in [-0.05, 0) is 37.6 Å². The van der Waals surface area contributed by atoms with Crippen LogP contribution in [-0.4, -0.2) is 56.1 Å². The first-order valence-corrected chi connectivity index (χ1v) is 11.1. The van der Waals surface area contributed by atoms with Gasteiger partial charge in [-0.15, -0.1) is 0 Å². The second-order valence-corrected chi connectivity index (χ2v) is 8.73. The molecule has 0 saturated carbocycles. The van der Waals surface area contributed by atoms with Gasteiger partial charge in [-0.25, -0.2) is 13.2 Å². The number of carbonyl (C=O) groups is 3. The molecule has 2 heterocycles. The number of hydrogen-bond acceptors (Lipinski definition) is 7. The Bertz CT molecular complexity index is 1190. The Morgan fingerprint density at radius 1 is 1.03 bits per heavy atom. The maximum atomic E-state index is 12.3. The van der Waals surface area contributed by atoms with E-state index in [1.54, 1.807) is 42.5 Å². The van der Waals surface area contributed by atoms with Crippen molar-refractivity contribution in [3.05, 3.63) is 65.2 Å². The largest absolute Gasteiger partial charge is 0.464 e. The molecule has 2 aromatic rings. The van der Waals surface area contributed by atoms with Crippen molar-refractivity contribution in [2.45, 2.75) is 24.3 Å². The molecule has 0 radical (unpaired) electrons. The Labute approximate surface area is 178 Å². The highest BCUT2D eigenvalue weighted by Gasteiger charge is 2.35. The van der Waals surface area contributed by atoms with Gasteiger partial charge in [0, 0.05) is 12.1 Å². The second-order valence-electron chi connectivity index (χ2n) is 7.08. The molecule has 0 bridgehead atoms. The number of hydrogen-bond donors (Lipinski definition) is 1. The van der Waals surface area contributed by atoms with Crippen molar-refractivity contribution in [1.82, 2.24) is 9.62 Å². The van der Waals surface area contributed by atoms with Crippen LogP contribution in [0.3, 0.4) is 0 Å². The SMILES string of the molecule is CC(N=C1NS(=O)(=O)c2ccccc21)C(=O)OCCCN1C(=O)c2ccccc2C1=O. The molecule has 0 fully saturated rings. The number of imide groups is 1. The molecule has 0 aromatic heterocycles. The van der Waals surface area contributed by atoms with Gasteiger partial charge in [-0.3, -0.25) is 24.2 Å². The van der Waals surface area contributed by atoms with E-state index in [1.807, 2.05) is 0 Å². The molecule has 0 spiro atoms. The minimum absolute atomic E-state index is 0.0102. The molecular weight excluding hydrogens is 422 g/mol. The smallest absolute Gasteiger partial charge is 0.330 e. The summed E-state index contributed by atoms with van der Waals surface area (Å²) in [5, 5.41) is 0. The summed E-state index contributed by atoms with van der Waals surface area (Å²) in [4.78, 5) is 42.3. The van der Waals surface area contributed by atoms with Gasteiger partial charge in [-0.1, -0.05) is 24.3 Å². The van der Waals surface area contributed by atoms with Gasteiger partial charge in [0.1, 0.15) is 11.9 Å². The molecule has 2 aliphatic heterocycles. The van der Waals surface area contributed by atoms with E-state index in [9.17, 15) is 22.8 Å². The molecule has 2 amide bonds. The van der Waals surface area contributed by atoms with Gasteiger partial charge in [0.2, 0.25) is 0 Å². The van der Waals surface area contributed by atoms with E-state index < -0.39 is 22.0 Å². The van der Waals surface area contributed by atoms with Gasteiger partial charge in [0.15, 0.2) is 0 Å². The summed E-state index contributed by atoms with van der Waals surface area (Å²) in [6.45, 7) is 1.61. The summed E-state index contributed by atoms with van der Waals surface area (Å²) in [6, 6.07) is 12.0. The number of fused-ring (bicyclic) bond motifs is 2. The molecule has 2 aromatic carbocycles. The predicted octanol–water partition coefficient (Wildman–Crippen LogP) is 1.34. The highest BCUT2D eigenvalue weighted by atomic mass is 32.2. The number of nitrogens with zero attached hydrogens (tertiary/aromatic N) is 2. The number of carbonyl (C=O) groups excluding carboxylic acids is 3. The molecule has 31 heavy (non-hydrogen) atoms. The average molecular weight is 441 g/mol. The number of esters is 1. The van der Waals surface area contributed by atoms with E-state index in [-0.39, 0.29) is 42.1 Å². The number of ether oxygens (including phenoxy) is 1. The first-order chi connectivity index (χ1) is 14.8. The number of sulfonamides is 1. The lowest BCUT2D eigenvalue weighted by molar-refractivity contribution is -0.144. The summed E-state index contributed by atoms with van der Waals surface area (Å²) in [5.74, 6) is -1.28. The number of amidine groups is 1. The van der Waals surface area contributed by atoms with E-state index in [1.165, 1.54) is 13.0 Å². The Hall–Kier alpha value is -3.53. The van der Waals surface area contributed by atoms with Crippen LogP contribution in [0.2, 0.25) is 0 Å². The number of benzene rings is 2. The summed E-state index contributed by atoms with van der Waals surface area (Å²) in [7, 11) is -3.69. The summed E-state index contributed by atoms with van der Waals surface area (Å²) in [6.07, 6.45) is 0.274. The highest BCUT2D eigenvalue weighted by Crippen LogP contribution is 2.23. The zero-order valence-electron chi connectivity index (χ0n) is 16.6. The molecule has 1 N–H and O–H groups in total. The fourth-order valence-corrected chi connectivity index (χ4v) is 4.67.